The summed E-state index contributed by atoms with van der Waals surface area (Å²) in [6.07, 6.45) is 0. The second-order valence-electron chi connectivity index (χ2n) is 7.27. The summed E-state index contributed by atoms with van der Waals surface area (Å²) in [7, 11) is -3.95. The third kappa shape index (κ3) is 6.02. The monoisotopic (exact) mass is 472 g/mol. The van der Waals surface area contributed by atoms with Gasteiger partial charge < -0.3 is 10.1 Å². The van der Waals surface area contributed by atoms with Crippen LogP contribution in [0.2, 0.25) is 5.02 Å². The van der Waals surface area contributed by atoms with E-state index in [0.717, 1.165) is 21.2 Å². The van der Waals surface area contributed by atoms with Crippen molar-refractivity contribution in [3.8, 4) is 5.75 Å². The van der Waals surface area contributed by atoms with Crippen LogP contribution in [0.5, 0.6) is 5.75 Å². The number of carbonyl (C=O) groups excluding carboxylic acids is 1. The number of benzene rings is 3. The summed E-state index contributed by atoms with van der Waals surface area (Å²) in [6, 6.07) is 20.2. The van der Waals surface area contributed by atoms with Gasteiger partial charge in [-0.1, -0.05) is 41.9 Å². The molecule has 0 radical (unpaired) electrons. The molecular weight excluding hydrogens is 448 g/mol. The molecule has 168 valence electrons. The number of nitrogens with zero attached hydrogens (tertiary/aromatic N) is 1. The fourth-order valence-electron chi connectivity index (χ4n) is 3.04. The van der Waals surface area contributed by atoms with E-state index in [-0.39, 0.29) is 24.6 Å². The Balaban J connectivity index is 1.68. The Kier molecular flexibility index (Phi) is 7.77. The van der Waals surface area contributed by atoms with Gasteiger partial charge in [-0.3, -0.25) is 9.10 Å². The van der Waals surface area contributed by atoms with Crippen LogP contribution in [-0.2, 0) is 14.8 Å². The average Bonchev–Trinajstić information content (AvgIpc) is 2.78. The molecule has 0 aliphatic carbocycles. The highest BCUT2D eigenvalue weighted by Crippen LogP contribution is 2.25. The van der Waals surface area contributed by atoms with Crippen LogP contribution >= 0.6 is 11.6 Å². The minimum atomic E-state index is -3.95. The molecular formula is C24H25ClN2O4S. The lowest BCUT2D eigenvalue weighted by Crippen LogP contribution is -2.41. The van der Waals surface area contributed by atoms with Crippen molar-refractivity contribution in [2.45, 2.75) is 18.7 Å². The highest BCUT2D eigenvalue weighted by Gasteiger charge is 2.27. The first-order valence-corrected chi connectivity index (χ1v) is 11.9. The molecule has 1 N–H and O–H groups in total. The molecule has 0 bridgehead atoms. The number of nitrogens with one attached hydrogen (secondary N) is 1. The van der Waals surface area contributed by atoms with Crippen LogP contribution in [0, 0.1) is 13.8 Å². The van der Waals surface area contributed by atoms with Gasteiger partial charge in [-0.05, 0) is 67.4 Å². The minimum absolute atomic E-state index is 0.0982. The maximum absolute atomic E-state index is 13.2. The summed E-state index contributed by atoms with van der Waals surface area (Å²) in [5, 5.41) is 3.20. The van der Waals surface area contributed by atoms with Crippen LogP contribution < -0.4 is 14.4 Å². The number of ether oxygens (including phenoxy) is 1. The Hall–Kier alpha value is -3.03. The van der Waals surface area contributed by atoms with E-state index in [1.807, 2.05) is 32.0 Å². The molecule has 0 saturated carbocycles. The van der Waals surface area contributed by atoms with Gasteiger partial charge in [-0.2, -0.15) is 0 Å². The third-order valence-corrected chi connectivity index (χ3v) is 6.80. The predicted octanol–water partition coefficient (Wildman–Crippen LogP) is 4.35. The molecule has 1 amide bonds. The second kappa shape index (κ2) is 10.5. The average molecular weight is 473 g/mol. The predicted molar refractivity (Wildman–Crippen MR) is 127 cm³/mol. The molecule has 0 aliphatic heterocycles. The molecule has 0 spiro atoms. The molecule has 3 rings (SSSR count). The van der Waals surface area contributed by atoms with E-state index in [1.54, 1.807) is 42.5 Å². The maximum atomic E-state index is 13.2. The zero-order valence-electron chi connectivity index (χ0n) is 17.9. The topological polar surface area (TPSA) is 75.7 Å². The molecule has 8 heteroatoms. The molecule has 0 saturated heterocycles. The van der Waals surface area contributed by atoms with Crippen LogP contribution in [0.4, 0.5) is 5.69 Å². The third-order valence-electron chi connectivity index (χ3n) is 4.76. The summed E-state index contributed by atoms with van der Waals surface area (Å²) < 4.78 is 33.3. The molecule has 3 aromatic rings. The highest BCUT2D eigenvalue weighted by atomic mass is 35.5. The van der Waals surface area contributed by atoms with Gasteiger partial charge in [0.2, 0.25) is 5.91 Å². The number of hydrogen-bond acceptors (Lipinski definition) is 4. The molecule has 32 heavy (non-hydrogen) atoms. The van der Waals surface area contributed by atoms with Gasteiger partial charge in [-0.25, -0.2) is 8.42 Å². The molecule has 0 aliphatic rings. The molecule has 0 fully saturated rings. The van der Waals surface area contributed by atoms with Crippen molar-refractivity contribution in [3.05, 3.63) is 88.9 Å². The largest absolute Gasteiger partial charge is 0.491 e. The Morgan fingerprint density at radius 1 is 1.00 bits per heavy atom. The number of halogens is 1. The molecule has 3 aromatic carbocycles. The van der Waals surface area contributed by atoms with Crippen molar-refractivity contribution in [2.75, 3.05) is 24.0 Å². The lowest BCUT2D eigenvalue weighted by molar-refractivity contribution is -0.119. The van der Waals surface area contributed by atoms with Crippen LogP contribution in [0.3, 0.4) is 0 Å². The summed E-state index contributed by atoms with van der Waals surface area (Å²) in [5.41, 5.74) is 2.43. The van der Waals surface area contributed by atoms with Crippen molar-refractivity contribution < 1.29 is 17.9 Å². The number of carbonyl (C=O) groups is 1. The number of aryl methyl sites for hydroxylation is 2. The molecule has 0 aromatic heterocycles. The summed E-state index contributed by atoms with van der Waals surface area (Å²) >= 11 is 5.95. The van der Waals surface area contributed by atoms with Crippen LogP contribution in [0.15, 0.2) is 77.7 Å². The van der Waals surface area contributed by atoms with Gasteiger partial charge in [0.05, 0.1) is 17.1 Å². The number of amides is 1. The number of anilines is 1. The summed E-state index contributed by atoms with van der Waals surface area (Å²) in [4.78, 5) is 12.7. The SMILES string of the molecule is Cc1ccc(C)c(OCCNC(=O)CN(c2ccc(Cl)cc2)S(=O)(=O)c2ccccc2)c1. The summed E-state index contributed by atoms with van der Waals surface area (Å²) in [5.74, 6) is 0.317. The van der Waals surface area contributed by atoms with Gasteiger partial charge in [0, 0.05) is 5.02 Å². The zero-order valence-corrected chi connectivity index (χ0v) is 19.5. The molecule has 0 heterocycles. The van der Waals surface area contributed by atoms with E-state index in [0.29, 0.717) is 10.7 Å². The van der Waals surface area contributed by atoms with Gasteiger partial charge >= 0.3 is 0 Å². The van der Waals surface area contributed by atoms with Gasteiger partial charge in [0.1, 0.15) is 18.9 Å². The van der Waals surface area contributed by atoms with E-state index in [1.165, 1.54) is 12.1 Å². The Bertz CT molecular complexity index is 1170. The lowest BCUT2D eigenvalue weighted by Gasteiger charge is -2.24. The van der Waals surface area contributed by atoms with Crippen LogP contribution in [-0.4, -0.2) is 34.0 Å². The quantitative estimate of drug-likeness (QED) is 0.470. The maximum Gasteiger partial charge on any atom is 0.264 e. The van der Waals surface area contributed by atoms with E-state index in [2.05, 4.69) is 5.32 Å². The highest BCUT2D eigenvalue weighted by molar-refractivity contribution is 7.92. The van der Waals surface area contributed by atoms with Crippen molar-refractivity contribution in [3.63, 3.8) is 0 Å². The van der Waals surface area contributed by atoms with Crippen molar-refractivity contribution in [2.24, 2.45) is 0 Å². The van der Waals surface area contributed by atoms with Crippen molar-refractivity contribution >= 4 is 33.2 Å². The Morgan fingerprint density at radius 2 is 1.69 bits per heavy atom. The first-order chi connectivity index (χ1) is 15.3. The van der Waals surface area contributed by atoms with Crippen molar-refractivity contribution in [1.82, 2.24) is 5.32 Å². The van der Waals surface area contributed by atoms with Crippen LogP contribution in [0.1, 0.15) is 11.1 Å². The number of rotatable bonds is 9. The van der Waals surface area contributed by atoms with Gasteiger partial charge in [0.15, 0.2) is 0 Å². The van der Waals surface area contributed by atoms with E-state index in [9.17, 15) is 13.2 Å². The molecule has 0 unspecified atom stereocenters. The van der Waals surface area contributed by atoms with Gasteiger partial charge in [0.25, 0.3) is 10.0 Å². The lowest BCUT2D eigenvalue weighted by atomic mass is 10.1. The van der Waals surface area contributed by atoms with E-state index < -0.39 is 15.9 Å². The first-order valence-electron chi connectivity index (χ1n) is 10.1. The number of hydrogen-bond donors (Lipinski definition) is 1. The summed E-state index contributed by atoms with van der Waals surface area (Å²) in [6.45, 7) is 4.06. The van der Waals surface area contributed by atoms with Gasteiger partial charge in [-0.15, -0.1) is 0 Å². The fourth-order valence-corrected chi connectivity index (χ4v) is 4.61. The second-order valence-corrected chi connectivity index (χ2v) is 9.57. The Morgan fingerprint density at radius 3 is 2.38 bits per heavy atom. The van der Waals surface area contributed by atoms with E-state index >= 15 is 0 Å². The normalized spacial score (nSPS) is 11.1. The standard InChI is InChI=1S/C24H25ClN2O4S/c1-18-8-9-19(2)23(16-18)31-15-14-26-24(28)17-27(21-12-10-20(25)11-13-21)32(29,30)22-6-4-3-5-7-22/h3-13,16H,14-15,17H2,1-2H3,(H,26,28). The first kappa shape index (κ1) is 23.6. The molecule has 0 atom stereocenters. The zero-order chi connectivity index (χ0) is 23.1. The fraction of sp³-hybridized carbons (Fsp3) is 0.208. The minimum Gasteiger partial charge on any atom is -0.491 e. The van der Waals surface area contributed by atoms with E-state index in [4.69, 9.17) is 16.3 Å². The van der Waals surface area contributed by atoms with Crippen molar-refractivity contribution in [1.29, 1.82) is 0 Å². The van der Waals surface area contributed by atoms with Crippen LogP contribution in [0.25, 0.3) is 0 Å². The Labute approximate surface area is 193 Å². The number of sulfonamides is 1. The smallest absolute Gasteiger partial charge is 0.264 e. The molecule has 6 nitrogen and oxygen atoms in total.